The molecule has 7 nitrogen and oxygen atoms in total. The number of carboxylic acids is 1. The van der Waals surface area contributed by atoms with E-state index in [1.807, 2.05) is 12.1 Å². The number of thioether (sulfide) groups is 1. The van der Waals surface area contributed by atoms with Gasteiger partial charge in [-0.05, 0) is 37.8 Å². The summed E-state index contributed by atoms with van der Waals surface area (Å²) in [6.45, 7) is 1.64. The predicted molar refractivity (Wildman–Crippen MR) is 120 cm³/mol. The fourth-order valence-corrected chi connectivity index (χ4v) is 5.49. The summed E-state index contributed by atoms with van der Waals surface area (Å²) in [5.74, 6) is -0.715. The summed E-state index contributed by atoms with van der Waals surface area (Å²) in [6, 6.07) is 6.06. The van der Waals surface area contributed by atoms with Crippen molar-refractivity contribution in [3.63, 3.8) is 0 Å². The fraction of sp³-hybridized carbons (Fsp3) is 0.609. The van der Waals surface area contributed by atoms with Crippen molar-refractivity contribution in [2.24, 2.45) is 5.92 Å². The Morgan fingerprint density at radius 3 is 2.71 bits per heavy atom. The van der Waals surface area contributed by atoms with Crippen LogP contribution in [0.1, 0.15) is 51.9 Å². The van der Waals surface area contributed by atoms with Crippen LogP contribution in [0.2, 0.25) is 0 Å². The number of hydrogen-bond acceptors (Lipinski definition) is 6. The van der Waals surface area contributed by atoms with Gasteiger partial charge in [0.15, 0.2) is 0 Å². The summed E-state index contributed by atoms with van der Waals surface area (Å²) in [5, 5.41) is 12.6. The van der Waals surface area contributed by atoms with Gasteiger partial charge in [0.05, 0.1) is 18.3 Å². The highest BCUT2D eigenvalue weighted by Crippen LogP contribution is 2.34. The maximum Gasteiger partial charge on any atom is 0.323 e. The number of aliphatic carboxylic acids is 1. The monoisotopic (exact) mass is 448 g/mol. The third-order valence-electron chi connectivity index (χ3n) is 5.98. The molecular formula is C23H32N2O5S. The molecule has 1 saturated carbocycles. The van der Waals surface area contributed by atoms with Gasteiger partial charge in [-0.1, -0.05) is 44.2 Å². The van der Waals surface area contributed by atoms with Crippen LogP contribution in [0.25, 0.3) is 0 Å². The number of fused-ring (bicyclic) bond motifs is 1. The summed E-state index contributed by atoms with van der Waals surface area (Å²) in [6.07, 6.45) is 7.67. The Bertz CT molecular complexity index is 781. The van der Waals surface area contributed by atoms with Crippen molar-refractivity contribution in [2.75, 3.05) is 23.8 Å². The number of anilines is 1. The molecule has 2 atom stereocenters. The number of para-hydroxylation sites is 1. The molecule has 8 heteroatoms. The number of hydrogen-bond donors (Lipinski definition) is 2. The molecule has 3 rings (SSSR count). The average molecular weight is 449 g/mol. The second kappa shape index (κ2) is 11.5. The van der Waals surface area contributed by atoms with Gasteiger partial charge < -0.3 is 9.84 Å². The van der Waals surface area contributed by atoms with Gasteiger partial charge >= 0.3 is 11.9 Å². The minimum Gasteiger partial charge on any atom is -0.480 e. The van der Waals surface area contributed by atoms with Crippen molar-refractivity contribution >= 4 is 35.3 Å². The zero-order chi connectivity index (χ0) is 22.2. The Morgan fingerprint density at radius 2 is 2.00 bits per heavy atom. The molecule has 1 fully saturated rings. The Balaban J connectivity index is 1.74. The average Bonchev–Trinajstić information content (AvgIpc) is 2.89. The van der Waals surface area contributed by atoms with E-state index in [0.29, 0.717) is 23.8 Å². The molecule has 170 valence electrons. The molecule has 1 aliphatic heterocycles. The lowest BCUT2D eigenvalue weighted by Crippen LogP contribution is -2.54. The molecule has 0 radical (unpaired) electrons. The Hall–Kier alpha value is -2.06. The van der Waals surface area contributed by atoms with E-state index in [4.69, 9.17) is 4.74 Å². The Kier molecular flexibility index (Phi) is 8.78. The molecular weight excluding hydrogens is 416 g/mol. The molecule has 0 spiro atoms. The number of amides is 1. The number of esters is 1. The van der Waals surface area contributed by atoms with Crippen LogP contribution in [0.5, 0.6) is 0 Å². The summed E-state index contributed by atoms with van der Waals surface area (Å²) in [7, 11) is 0. The molecule has 2 aliphatic rings. The van der Waals surface area contributed by atoms with Gasteiger partial charge in [0.1, 0.15) is 12.6 Å². The largest absolute Gasteiger partial charge is 0.480 e. The smallest absolute Gasteiger partial charge is 0.323 e. The standard InChI is InChI=1S/C23H32N2O5S/c1-2-30-23(29)17(13-12-16-8-4-3-5-9-16)24-18-15-31-20-11-7-6-10-19(20)25(22(18)28)14-21(26)27/h6-7,10-11,16-18,24H,2-5,8-9,12-15H2,1H3,(H,26,27)/t17-,18-/m0/s1. The van der Waals surface area contributed by atoms with E-state index in [9.17, 15) is 19.5 Å². The van der Waals surface area contributed by atoms with Crippen molar-refractivity contribution in [1.29, 1.82) is 0 Å². The van der Waals surface area contributed by atoms with E-state index in [2.05, 4.69) is 5.32 Å². The zero-order valence-electron chi connectivity index (χ0n) is 18.0. The van der Waals surface area contributed by atoms with Crippen LogP contribution in [0.4, 0.5) is 5.69 Å². The topological polar surface area (TPSA) is 95.9 Å². The van der Waals surface area contributed by atoms with E-state index < -0.39 is 24.6 Å². The van der Waals surface area contributed by atoms with Gasteiger partial charge in [-0.25, -0.2) is 0 Å². The minimum absolute atomic E-state index is 0.282. The summed E-state index contributed by atoms with van der Waals surface area (Å²) in [4.78, 5) is 39.6. The second-order valence-corrected chi connectivity index (χ2v) is 9.26. The lowest BCUT2D eigenvalue weighted by molar-refractivity contribution is -0.146. The fourth-order valence-electron chi connectivity index (χ4n) is 4.40. The summed E-state index contributed by atoms with van der Waals surface area (Å²) in [5.41, 5.74) is 0.596. The molecule has 31 heavy (non-hydrogen) atoms. The van der Waals surface area contributed by atoms with Crippen LogP contribution in [0.15, 0.2) is 29.2 Å². The maximum atomic E-state index is 13.3. The number of carbonyl (C=O) groups is 3. The number of carboxylic acid groups (broad SMARTS) is 1. The molecule has 2 N–H and O–H groups in total. The van der Waals surface area contributed by atoms with Crippen molar-refractivity contribution in [2.45, 2.75) is 68.8 Å². The molecule has 0 bridgehead atoms. The number of carbonyl (C=O) groups excluding carboxylic acids is 2. The number of nitrogens with one attached hydrogen (secondary N) is 1. The quantitative estimate of drug-likeness (QED) is 0.559. The highest BCUT2D eigenvalue weighted by atomic mass is 32.2. The first-order valence-electron chi connectivity index (χ1n) is 11.2. The number of ether oxygens (including phenoxy) is 1. The van der Waals surface area contributed by atoms with Crippen molar-refractivity contribution < 1.29 is 24.2 Å². The lowest BCUT2D eigenvalue weighted by atomic mass is 9.85. The third-order valence-corrected chi connectivity index (χ3v) is 7.14. The molecule has 0 unspecified atom stereocenters. The number of benzene rings is 1. The number of rotatable bonds is 9. The Labute approximate surface area is 187 Å². The van der Waals surface area contributed by atoms with Crippen molar-refractivity contribution in [1.82, 2.24) is 5.32 Å². The van der Waals surface area contributed by atoms with Crippen LogP contribution in [0, 0.1) is 5.92 Å². The summed E-state index contributed by atoms with van der Waals surface area (Å²) >= 11 is 1.50. The summed E-state index contributed by atoms with van der Waals surface area (Å²) < 4.78 is 5.28. The van der Waals surface area contributed by atoms with Crippen LogP contribution in [0.3, 0.4) is 0 Å². The van der Waals surface area contributed by atoms with Crippen molar-refractivity contribution in [3.05, 3.63) is 24.3 Å². The molecule has 1 heterocycles. The first-order valence-corrected chi connectivity index (χ1v) is 12.2. The highest BCUT2D eigenvalue weighted by Gasteiger charge is 2.35. The first-order chi connectivity index (χ1) is 15.0. The third kappa shape index (κ3) is 6.46. The van der Waals surface area contributed by atoms with Crippen LogP contribution in [-0.4, -0.2) is 53.9 Å². The van der Waals surface area contributed by atoms with E-state index in [1.54, 1.807) is 19.1 Å². The van der Waals surface area contributed by atoms with E-state index in [0.717, 1.165) is 11.3 Å². The van der Waals surface area contributed by atoms with Gasteiger partial charge in [0.25, 0.3) is 0 Å². The van der Waals surface area contributed by atoms with E-state index in [1.165, 1.54) is 48.8 Å². The molecule has 1 aromatic rings. The first kappa shape index (κ1) is 23.6. The maximum absolute atomic E-state index is 13.3. The highest BCUT2D eigenvalue weighted by molar-refractivity contribution is 7.99. The van der Waals surface area contributed by atoms with Crippen LogP contribution < -0.4 is 10.2 Å². The van der Waals surface area contributed by atoms with Gasteiger partial charge in [-0.2, -0.15) is 0 Å². The molecule has 0 saturated heterocycles. The SMILES string of the molecule is CCOC(=O)[C@H](CCC1CCCCC1)N[C@H]1CSc2ccccc2N(CC(=O)O)C1=O. The van der Waals surface area contributed by atoms with Gasteiger partial charge in [0.2, 0.25) is 5.91 Å². The molecule has 0 aromatic heterocycles. The van der Waals surface area contributed by atoms with Gasteiger partial charge in [0, 0.05) is 10.6 Å². The van der Waals surface area contributed by atoms with E-state index >= 15 is 0 Å². The van der Waals surface area contributed by atoms with Gasteiger partial charge in [-0.3, -0.25) is 24.6 Å². The number of nitrogens with zero attached hydrogens (tertiary/aromatic N) is 1. The molecule has 1 amide bonds. The van der Waals surface area contributed by atoms with Crippen LogP contribution in [-0.2, 0) is 19.1 Å². The zero-order valence-corrected chi connectivity index (χ0v) is 18.9. The second-order valence-electron chi connectivity index (χ2n) is 8.20. The molecule has 1 aromatic carbocycles. The van der Waals surface area contributed by atoms with Crippen molar-refractivity contribution in [3.8, 4) is 0 Å². The minimum atomic E-state index is -1.08. The predicted octanol–water partition coefficient (Wildman–Crippen LogP) is 3.46. The van der Waals surface area contributed by atoms with Gasteiger partial charge in [-0.15, -0.1) is 11.8 Å². The molecule has 1 aliphatic carbocycles. The normalized spacial score (nSPS) is 20.6. The lowest BCUT2D eigenvalue weighted by Gasteiger charge is -2.28. The van der Waals surface area contributed by atoms with E-state index in [-0.39, 0.29) is 18.5 Å². The Morgan fingerprint density at radius 1 is 1.26 bits per heavy atom. The van der Waals surface area contributed by atoms with Crippen LogP contribution >= 0.6 is 11.8 Å².